The van der Waals surface area contributed by atoms with Gasteiger partial charge in [-0.25, -0.2) is 4.98 Å². The molecule has 5 heteroatoms. The second kappa shape index (κ2) is 12.4. The molecule has 5 nitrogen and oxygen atoms in total. The van der Waals surface area contributed by atoms with Gasteiger partial charge in [0, 0.05) is 19.5 Å². The summed E-state index contributed by atoms with van der Waals surface area (Å²) in [4.78, 5) is 17.3. The van der Waals surface area contributed by atoms with Crippen molar-refractivity contribution in [2.45, 2.75) is 58.9 Å². The topological polar surface area (TPSA) is 56.2 Å². The van der Waals surface area contributed by atoms with Crippen LogP contribution in [0.25, 0.3) is 11.0 Å². The Balaban J connectivity index is 1.31. The van der Waals surface area contributed by atoms with Gasteiger partial charge in [-0.15, -0.1) is 0 Å². The Hall–Kier alpha value is -3.60. The van der Waals surface area contributed by atoms with E-state index in [0.717, 1.165) is 59.5 Å². The highest BCUT2D eigenvalue weighted by Gasteiger charge is 2.12. The Kier molecular flexibility index (Phi) is 8.77. The van der Waals surface area contributed by atoms with Crippen LogP contribution >= 0.6 is 0 Å². The van der Waals surface area contributed by atoms with Crippen LogP contribution < -0.4 is 10.1 Å². The van der Waals surface area contributed by atoms with Crippen LogP contribution in [0.2, 0.25) is 0 Å². The van der Waals surface area contributed by atoms with Crippen molar-refractivity contribution in [1.82, 2.24) is 14.9 Å². The van der Waals surface area contributed by atoms with Crippen LogP contribution in [-0.2, 0) is 24.2 Å². The minimum Gasteiger partial charge on any atom is -0.493 e. The minimum atomic E-state index is 0.0663. The first-order chi connectivity index (χ1) is 17.5. The van der Waals surface area contributed by atoms with E-state index in [9.17, 15) is 4.79 Å². The van der Waals surface area contributed by atoms with Gasteiger partial charge in [-0.1, -0.05) is 68.4 Å². The monoisotopic (exact) mass is 483 g/mol. The van der Waals surface area contributed by atoms with E-state index in [1.807, 2.05) is 43.3 Å². The highest BCUT2D eigenvalue weighted by molar-refractivity contribution is 5.79. The molecule has 0 saturated heterocycles. The zero-order valence-electron chi connectivity index (χ0n) is 21.7. The van der Waals surface area contributed by atoms with E-state index in [-0.39, 0.29) is 5.91 Å². The Labute approximate surface area is 214 Å². The average molecular weight is 484 g/mol. The fourth-order valence-electron chi connectivity index (χ4n) is 4.58. The van der Waals surface area contributed by atoms with Gasteiger partial charge in [0.05, 0.1) is 24.1 Å². The smallest absolute Gasteiger partial charge is 0.224 e. The molecule has 0 bridgehead atoms. The molecule has 36 heavy (non-hydrogen) atoms. The number of imidazole rings is 1. The van der Waals surface area contributed by atoms with Crippen molar-refractivity contribution in [3.05, 3.63) is 95.3 Å². The molecule has 1 amide bonds. The van der Waals surface area contributed by atoms with Gasteiger partial charge in [-0.2, -0.15) is 0 Å². The lowest BCUT2D eigenvalue weighted by atomic mass is 10.0. The molecule has 1 heterocycles. The molecule has 3 aromatic carbocycles. The Morgan fingerprint density at radius 1 is 0.972 bits per heavy atom. The SMILES string of the molecule is Cc1ccccc1CC(=O)NCCCc1nc2ccccc2n1CCCOc1ccccc1C(C)C. The second-order valence-electron chi connectivity index (χ2n) is 9.62. The summed E-state index contributed by atoms with van der Waals surface area (Å²) in [5.41, 5.74) is 5.64. The molecule has 0 atom stereocenters. The number of carbonyl (C=O) groups excluding carboxylic acids is 1. The number of nitrogens with zero attached hydrogens (tertiary/aromatic N) is 2. The molecule has 0 aliphatic carbocycles. The highest BCUT2D eigenvalue weighted by Crippen LogP contribution is 2.26. The van der Waals surface area contributed by atoms with Crippen LogP contribution in [-0.4, -0.2) is 28.6 Å². The molecular formula is C31H37N3O2. The first-order valence-electron chi connectivity index (χ1n) is 13.0. The molecule has 0 saturated carbocycles. The van der Waals surface area contributed by atoms with Gasteiger partial charge >= 0.3 is 0 Å². The third-order valence-corrected chi connectivity index (χ3v) is 6.57. The van der Waals surface area contributed by atoms with Gasteiger partial charge in [-0.3, -0.25) is 4.79 Å². The van der Waals surface area contributed by atoms with Crippen molar-refractivity contribution in [1.29, 1.82) is 0 Å². The summed E-state index contributed by atoms with van der Waals surface area (Å²) in [5.74, 6) is 2.54. The van der Waals surface area contributed by atoms with Crippen LogP contribution in [0.1, 0.15) is 55.1 Å². The van der Waals surface area contributed by atoms with Crippen molar-refractivity contribution in [2.75, 3.05) is 13.2 Å². The summed E-state index contributed by atoms with van der Waals surface area (Å²) < 4.78 is 8.46. The molecule has 0 aliphatic heterocycles. The third kappa shape index (κ3) is 6.54. The van der Waals surface area contributed by atoms with Crippen LogP contribution in [0.15, 0.2) is 72.8 Å². The Bertz CT molecular complexity index is 1290. The maximum atomic E-state index is 12.4. The lowest BCUT2D eigenvalue weighted by molar-refractivity contribution is -0.120. The Morgan fingerprint density at radius 2 is 1.72 bits per heavy atom. The summed E-state index contributed by atoms with van der Waals surface area (Å²) in [5, 5.41) is 3.07. The molecular weight excluding hydrogens is 446 g/mol. The molecule has 4 aromatic rings. The molecule has 0 aliphatic rings. The number of carbonyl (C=O) groups is 1. The quantitative estimate of drug-likeness (QED) is 0.243. The molecule has 1 N–H and O–H groups in total. The van der Waals surface area contributed by atoms with E-state index < -0.39 is 0 Å². The van der Waals surface area contributed by atoms with Gasteiger partial charge in [0.1, 0.15) is 11.6 Å². The Morgan fingerprint density at radius 3 is 2.56 bits per heavy atom. The van der Waals surface area contributed by atoms with Crippen molar-refractivity contribution in [2.24, 2.45) is 0 Å². The van der Waals surface area contributed by atoms with Gasteiger partial charge in [0.2, 0.25) is 5.91 Å². The molecule has 4 rings (SSSR count). The van der Waals surface area contributed by atoms with Gasteiger partial charge in [-0.05, 0) is 60.6 Å². The molecule has 0 unspecified atom stereocenters. The van der Waals surface area contributed by atoms with Crippen molar-refractivity contribution >= 4 is 16.9 Å². The first kappa shape index (κ1) is 25.5. The predicted octanol–water partition coefficient (Wildman–Crippen LogP) is 6.23. The molecule has 0 radical (unpaired) electrons. The van der Waals surface area contributed by atoms with Crippen LogP contribution in [0.3, 0.4) is 0 Å². The normalized spacial score (nSPS) is 11.2. The third-order valence-electron chi connectivity index (χ3n) is 6.57. The van der Waals surface area contributed by atoms with E-state index in [4.69, 9.17) is 9.72 Å². The summed E-state index contributed by atoms with van der Waals surface area (Å²) in [6, 6.07) is 24.6. The van der Waals surface area contributed by atoms with Gasteiger partial charge in [0.15, 0.2) is 0 Å². The zero-order chi connectivity index (χ0) is 25.3. The largest absolute Gasteiger partial charge is 0.493 e. The fraction of sp³-hybridized carbons (Fsp3) is 0.355. The number of aryl methyl sites for hydroxylation is 3. The predicted molar refractivity (Wildman–Crippen MR) is 147 cm³/mol. The van der Waals surface area contributed by atoms with Crippen molar-refractivity contribution in [3.63, 3.8) is 0 Å². The number of para-hydroxylation sites is 3. The van der Waals surface area contributed by atoms with E-state index in [1.165, 1.54) is 5.56 Å². The molecule has 1 aromatic heterocycles. The summed E-state index contributed by atoms with van der Waals surface area (Å²) in [7, 11) is 0. The van der Waals surface area contributed by atoms with Crippen LogP contribution in [0.4, 0.5) is 0 Å². The first-order valence-corrected chi connectivity index (χ1v) is 13.0. The number of benzene rings is 3. The maximum Gasteiger partial charge on any atom is 0.224 e. The molecule has 188 valence electrons. The number of rotatable bonds is 12. The zero-order valence-corrected chi connectivity index (χ0v) is 21.7. The van der Waals surface area contributed by atoms with E-state index in [0.29, 0.717) is 25.5 Å². The van der Waals surface area contributed by atoms with Gasteiger partial charge < -0.3 is 14.6 Å². The lowest BCUT2D eigenvalue weighted by Crippen LogP contribution is -2.26. The van der Waals surface area contributed by atoms with Crippen molar-refractivity contribution in [3.8, 4) is 5.75 Å². The number of aromatic nitrogens is 2. The number of fused-ring (bicyclic) bond motifs is 1. The number of amides is 1. The maximum absolute atomic E-state index is 12.4. The average Bonchev–Trinajstić information content (AvgIpc) is 3.23. The number of hydrogen-bond acceptors (Lipinski definition) is 3. The van der Waals surface area contributed by atoms with Crippen LogP contribution in [0.5, 0.6) is 5.75 Å². The fourth-order valence-corrected chi connectivity index (χ4v) is 4.58. The number of ether oxygens (including phenoxy) is 1. The van der Waals surface area contributed by atoms with E-state index in [1.54, 1.807) is 0 Å². The van der Waals surface area contributed by atoms with Crippen LogP contribution in [0, 0.1) is 6.92 Å². The summed E-state index contributed by atoms with van der Waals surface area (Å²) in [6.45, 7) is 8.57. The van der Waals surface area contributed by atoms with E-state index >= 15 is 0 Å². The van der Waals surface area contributed by atoms with Gasteiger partial charge in [0.25, 0.3) is 0 Å². The molecule has 0 spiro atoms. The number of nitrogens with one attached hydrogen (secondary N) is 1. The van der Waals surface area contributed by atoms with Crippen molar-refractivity contribution < 1.29 is 9.53 Å². The summed E-state index contributed by atoms with van der Waals surface area (Å²) >= 11 is 0. The second-order valence-corrected chi connectivity index (χ2v) is 9.62. The highest BCUT2D eigenvalue weighted by atomic mass is 16.5. The van der Waals surface area contributed by atoms with E-state index in [2.05, 4.69) is 60.1 Å². The number of hydrogen-bond donors (Lipinski definition) is 1. The standard InChI is InChI=1S/C31H37N3O2/c1-23(2)26-14-6-9-17-29(26)36-21-11-20-34-28-16-8-7-15-27(28)33-30(34)18-10-19-32-31(35)22-25-13-5-4-12-24(25)3/h4-9,12-17,23H,10-11,18-22H2,1-3H3,(H,32,35). The lowest BCUT2D eigenvalue weighted by Gasteiger charge is -2.14. The summed E-state index contributed by atoms with van der Waals surface area (Å²) in [6.07, 6.45) is 2.98. The molecule has 0 fully saturated rings. The minimum absolute atomic E-state index is 0.0663.